The van der Waals surface area contributed by atoms with Gasteiger partial charge in [-0.25, -0.2) is 8.42 Å². The molecule has 0 aliphatic carbocycles. The third kappa shape index (κ3) is 2.53. The minimum atomic E-state index is -3.55. The average Bonchev–Trinajstić information content (AvgIpc) is 2.83. The molecule has 1 saturated heterocycles. The molecule has 1 aromatic heterocycles. The van der Waals surface area contributed by atoms with Gasteiger partial charge in [-0.1, -0.05) is 26.0 Å². The van der Waals surface area contributed by atoms with Gasteiger partial charge in [0.05, 0.1) is 5.52 Å². The van der Waals surface area contributed by atoms with Crippen LogP contribution in [0.2, 0.25) is 0 Å². The zero-order valence-electron chi connectivity index (χ0n) is 13.2. The molecule has 1 aliphatic rings. The molecule has 0 radical (unpaired) electrons. The Bertz CT molecular complexity index is 782. The van der Waals surface area contributed by atoms with Crippen molar-refractivity contribution in [1.82, 2.24) is 19.4 Å². The number of piperazine rings is 1. The van der Waals surface area contributed by atoms with Gasteiger partial charge in [0, 0.05) is 38.1 Å². The fourth-order valence-corrected chi connectivity index (χ4v) is 4.72. The van der Waals surface area contributed by atoms with Gasteiger partial charge < -0.3 is 5.32 Å². The van der Waals surface area contributed by atoms with Crippen molar-refractivity contribution in [3.05, 3.63) is 24.3 Å². The van der Waals surface area contributed by atoms with Crippen molar-refractivity contribution < 1.29 is 8.42 Å². The Morgan fingerprint density at radius 3 is 2.77 bits per heavy atom. The maximum Gasteiger partial charge on any atom is 0.260 e. The van der Waals surface area contributed by atoms with Crippen LogP contribution in [0.5, 0.6) is 0 Å². The summed E-state index contributed by atoms with van der Waals surface area (Å²) in [4.78, 5) is 0. The van der Waals surface area contributed by atoms with E-state index in [9.17, 15) is 8.42 Å². The first kappa shape index (κ1) is 15.5. The molecule has 2 heterocycles. The van der Waals surface area contributed by atoms with Crippen LogP contribution in [0, 0.1) is 5.92 Å². The maximum atomic E-state index is 13.1. The van der Waals surface area contributed by atoms with E-state index in [0.29, 0.717) is 36.5 Å². The molecule has 1 aliphatic heterocycles. The second kappa shape index (κ2) is 5.64. The zero-order valence-corrected chi connectivity index (χ0v) is 14.0. The monoisotopic (exact) mass is 322 g/mol. The zero-order chi connectivity index (χ0) is 15.9. The van der Waals surface area contributed by atoms with Crippen LogP contribution in [0.1, 0.15) is 13.8 Å². The third-order valence-electron chi connectivity index (χ3n) is 4.24. The Hall–Kier alpha value is -1.44. The summed E-state index contributed by atoms with van der Waals surface area (Å²) in [6, 6.07) is 7.55. The predicted octanol–water partition coefficient (Wildman–Crippen LogP) is 1.19. The van der Waals surface area contributed by atoms with Crippen molar-refractivity contribution in [2.24, 2.45) is 13.0 Å². The minimum absolute atomic E-state index is 0.183. The van der Waals surface area contributed by atoms with Gasteiger partial charge in [-0.3, -0.25) is 4.68 Å². The summed E-state index contributed by atoms with van der Waals surface area (Å²) in [6.07, 6.45) is 0. The highest BCUT2D eigenvalue weighted by Gasteiger charge is 2.34. The fourth-order valence-electron chi connectivity index (χ4n) is 2.97. The summed E-state index contributed by atoms with van der Waals surface area (Å²) in [6.45, 7) is 5.88. The second-order valence-corrected chi connectivity index (χ2v) is 7.97. The molecule has 0 amide bonds. The highest BCUT2D eigenvalue weighted by atomic mass is 32.2. The van der Waals surface area contributed by atoms with Crippen LogP contribution in [0.15, 0.2) is 29.3 Å². The summed E-state index contributed by atoms with van der Waals surface area (Å²) in [5.74, 6) is 0.390. The normalized spacial score (nSPS) is 20.8. The van der Waals surface area contributed by atoms with Crippen molar-refractivity contribution >= 4 is 20.9 Å². The van der Waals surface area contributed by atoms with E-state index >= 15 is 0 Å². The standard InChI is InChI=1S/C15H22N4O2S/c1-11(2)14-10-19(9-8-16-14)22(20,21)15-12-6-4-5-7-13(12)17-18(15)3/h4-7,11,14,16H,8-10H2,1-3H3/t14-/m1/s1. The third-order valence-corrected chi connectivity index (χ3v) is 6.23. The molecule has 1 atom stereocenters. The Labute approximate surface area is 131 Å². The summed E-state index contributed by atoms with van der Waals surface area (Å²) in [5, 5.41) is 8.68. The lowest BCUT2D eigenvalue weighted by molar-refractivity contribution is 0.255. The molecule has 0 spiro atoms. The fraction of sp³-hybridized carbons (Fsp3) is 0.533. The number of hydrogen-bond acceptors (Lipinski definition) is 4. The first-order valence-electron chi connectivity index (χ1n) is 7.56. The van der Waals surface area contributed by atoms with Crippen LogP contribution in [0.4, 0.5) is 0 Å². The van der Waals surface area contributed by atoms with E-state index in [-0.39, 0.29) is 11.1 Å². The van der Waals surface area contributed by atoms with Crippen molar-refractivity contribution in [3.63, 3.8) is 0 Å². The van der Waals surface area contributed by atoms with Crippen molar-refractivity contribution in [2.75, 3.05) is 19.6 Å². The predicted molar refractivity (Wildman–Crippen MR) is 86.1 cm³/mol. The molecule has 0 bridgehead atoms. The van der Waals surface area contributed by atoms with E-state index in [2.05, 4.69) is 24.3 Å². The molecule has 120 valence electrons. The molecule has 1 aromatic carbocycles. The number of sulfonamides is 1. The van der Waals surface area contributed by atoms with Crippen LogP contribution in [0.25, 0.3) is 10.9 Å². The van der Waals surface area contributed by atoms with Gasteiger partial charge in [0.2, 0.25) is 0 Å². The molecular weight excluding hydrogens is 300 g/mol. The lowest BCUT2D eigenvalue weighted by Crippen LogP contribution is -2.54. The van der Waals surface area contributed by atoms with Crippen molar-refractivity contribution in [1.29, 1.82) is 0 Å². The van der Waals surface area contributed by atoms with Gasteiger partial charge in [0.1, 0.15) is 0 Å². The molecule has 0 saturated carbocycles. The molecule has 3 rings (SSSR count). The number of benzene rings is 1. The number of aromatic nitrogens is 2. The van der Waals surface area contributed by atoms with Crippen LogP contribution >= 0.6 is 0 Å². The lowest BCUT2D eigenvalue weighted by Gasteiger charge is -2.34. The topological polar surface area (TPSA) is 67.2 Å². The quantitative estimate of drug-likeness (QED) is 0.922. The number of nitrogens with one attached hydrogen (secondary N) is 1. The van der Waals surface area contributed by atoms with Crippen LogP contribution in [0.3, 0.4) is 0 Å². The van der Waals surface area contributed by atoms with Gasteiger partial charge in [-0.2, -0.15) is 9.40 Å². The molecule has 7 heteroatoms. The van der Waals surface area contributed by atoms with E-state index in [0.717, 1.165) is 0 Å². The molecule has 0 unspecified atom stereocenters. The van der Waals surface area contributed by atoms with Crippen molar-refractivity contribution in [2.45, 2.75) is 24.9 Å². The summed E-state index contributed by atoms with van der Waals surface area (Å²) >= 11 is 0. The van der Waals surface area contributed by atoms with Gasteiger partial charge in [-0.05, 0) is 18.1 Å². The number of aryl methyl sites for hydroxylation is 1. The first-order valence-corrected chi connectivity index (χ1v) is 9.00. The Morgan fingerprint density at radius 1 is 1.32 bits per heavy atom. The van der Waals surface area contributed by atoms with E-state index < -0.39 is 10.0 Å². The first-order chi connectivity index (χ1) is 10.4. The van der Waals surface area contributed by atoms with Gasteiger partial charge in [0.25, 0.3) is 10.0 Å². The Balaban J connectivity index is 2.03. The summed E-state index contributed by atoms with van der Waals surface area (Å²) in [7, 11) is -1.86. The molecule has 2 aromatic rings. The summed E-state index contributed by atoms with van der Waals surface area (Å²) in [5.41, 5.74) is 0.708. The van der Waals surface area contributed by atoms with Gasteiger partial charge in [-0.15, -0.1) is 0 Å². The molecule has 6 nitrogen and oxygen atoms in total. The molecule has 1 N–H and O–H groups in total. The van der Waals surface area contributed by atoms with Crippen LogP contribution in [-0.4, -0.2) is 48.2 Å². The molecule has 1 fully saturated rings. The summed E-state index contributed by atoms with van der Waals surface area (Å²) < 4.78 is 29.2. The smallest absolute Gasteiger partial charge is 0.260 e. The van der Waals surface area contributed by atoms with Gasteiger partial charge in [0.15, 0.2) is 5.03 Å². The number of rotatable bonds is 3. The highest BCUT2D eigenvalue weighted by Crippen LogP contribution is 2.26. The van der Waals surface area contributed by atoms with Crippen LogP contribution < -0.4 is 5.32 Å². The molecular formula is C15H22N4O2S. The number of fused-ring (bicyclic) bond motifs is 1. The van der Waals surface area contributed by atoms with E-state index in [1.807, 2.05) is 24.3 Å². The van der Waals surface area contributed by atoms with E-state index in [4.69, 9.17) is 0 Å². The average molecular weight is 322 g/mol. The van der Waals surface area contributed by atoms with E-state index in [1.54, 1.807) is 11.4 Å². The maximum absolute atomic E-state index is 13.1. The Morgan fingerprint density at radius 2 is 2.05 bits per heavy atom. The van der Waals surface area contributed by atoms with Gasteiger partial charge >= 0.3 is 0 Å². The Kier molecular flexibility index (Phi) is 3.96. The largest absolute Gasteiger partial charge is 0.311 e. The van der Waals surface area contributed by atoms with E-state index in [1.165, 1.54) is 4.68 Å². The lowest BCUT2D eigenvalue weighted by atomic mass is 10.0. The second-order valence-electron chi connectivity index (χ2n) is 6.11. The SMILES string of the molecule is CC(C)[C@H]1CN(S(=O)(=O)c2c3ccccc3nn2C)CCN1. The van der Waals surface area contributed by atoms with Crippen molar-refractivity contribution in [3.8, 4) is 0 Å². The number of hydrogen-bond donors (Lipinski definition) is 1. The van der Waals surface area contributed by atoms with Crippen LogP contribution in [-0.2, 0) is 17.1 Å². The minimum Gasteiger partial charge on any atom is -0.311 e. The molecule has 22 heavy (non-hydrogen) atoms. The number of nitrogens with zero attached hydrogens (tertiary/aromatic N) is 3. The highest BCUT2D eigenvalue weighted by molar-refractivity contribution is 7.89.